The standard InChI is InChI=1S/C19H20N6O4/c1-27-14-5-4-13(8-15(14)28-2)22-16(26)11-25-9-12(10-25)19-23-18(24-29-19)17-20-6-3-7-21-17/h3-8,12H,9-11H2,1-2H3,(H,22,26). The molecule has 1 fully saturated rings. The number of hydrogen-bond donors (Lipinski definition) is 1. The average molecular weight is 396 g/mol. The summed E-state index contributed by atoms with van der Waals surface area (Å²) >= 11 is 0. The van der Waals surface area contributed by atoms with Gasteiger partial charge in [0.05, 0.1) is 26.7 Å². The molecule has 1 aliphatic rings. The molecule has 4 rings (SSSR count). The minimum atomic E-state index is -0.112. The summed E-state index contributed by atoms with van der Waals surface area (Å²) in [4.78, 5) is 26.9. The van der Waals surface area contributed by atoms with Gasteiger partial charge in [0, 0.05) is 37.2 Å². The van der Waals surface area contributed by atoms with Crippen molar-refractivity contribution in [2.24, 2.45) is 0 Å². The monoisotopic (exact) mass is 396 g/mol. The number of benzene rings is 1. The van der Waals surface area contributed by atoms with Crippen molar-refractivity contribution in [1.29, 1.82) is 0 Å². The first kappa shape index (κ1) is 18.8. The third-order valence-corrected chi connectivity index (χ3v) is 4.55. The van der Waals surface area contributed by atoms with E-state index in [4.69, 9.17) is 14.0 Å². The number of rotatable bonds is 7. The topological polar surface area (TPSA) is 116 Å². The summed E-state index contributed by atoms with van der Waals surface area (Å²) in [6.07, 6.45) is 3.25. The van der Waals surface area contributed by atoms with Crippen LogP contribution < -0.4 is 14.8 Å². The Balaban J connectivity index is 1.29. The third kappa shape index (κ3) is 4.16. The number of hydrogen-bond acceptors (Lipinski definition) is 9. The Morgan fingerprint density at radius 2 is 1.93 bits per heavy atom. The fraction of sp³-hybridized carbons (Fsp3) is 0.316. The molecular weight excluding hydrogens is 376 g/mol. The summed E-state index contributed by atoms with van der Waals surface area (Å²) in [5, 5.41) is 6.79. The molecule has 1 aliphatic heterocycles. The van der Waals surface area contributed by atoms with E-state index in [2.05, 4.69) is 25.4 Å². The largest absolute Gasteiger partial charge is 0.493 e. The second-order valence-electron chi connectivity index (χ2n) is 6.54. The van der Waals surface area contributed by atoms with Gasteiger partial charge in [0.25, 0.3) is 0 Å². The second-order valence-corrected chi connectivity index (χ2v) is 6.54. The summed E-state index contributed by atoms with van der Waals surface area (Å²) < 4.78 is 15.8. The number of nitrogens with zero attached hydrogens (tertiary/aromatic N) is 5. The molecule has 0 saturated carbocycles. The van der Waals surface area contributed by atoms with Crippen LogP contribution in [0.1, 0.15) is 11.8 Å². The van der Waals surface area contributed by atoms with E-state index in [1.165, 1.54) is 0 Å². The lowest BCUT2D eigenvalue weighted by molar-refractivity contribution is -0.118. The molecule has 0 unspecified atom stereocenters. The van der Waals surface area contributed by atoms with Crippen molar-refractivity contribution in [1.82, 2.24) is 25.0 Å². The first-order valence-corrected chi connectivity index (χ1v) is 9.01. The SMILES string of the molecule is COc1ccc(NC(=O)CN2CC(c3nc(-c4ncccn4)no3)C2)cc1OC. The number of nitrogens with one attached hydrogen (secondary N) is 1. The smallest absolute Gasteiger partial charge is 0.240 e. The molecule has 29 heavy (non-hydrogen) atoms. The first-order chi connectivity index (χ1) is 14.2. The lowest BCUT2D eigenvalue weighted by Gasteiger charge is -2.36. The fourth-order valence-electron chi connectivity index (χ4n) is 3.08. The van der Waals surface area contributed by atoms with E-state index in [0.717, 1.165) is 0 Å². The van der Waals surface area contributed by atoms with Gasteiger partial charge >= 0.3 is 0 Å². The minimum Gasteiger partial charge on any atom is -0.493 e. The molecule has 1 N–H and O–H groups in total. The van der Waals surface area contributed by atoms with E-state index in [1.807, 2.05) is 4.90 Å². The van der Waals surface area contributed by atoms with Crippen molar-refractivity contribution in [3.8, 4) is 23.1 Å². The Morgan fingerprint density at radius 1 is 1.17 bits per heavy atom. The van der Waals surface area contributed by atoms with Crippen LogP contribution in [0.25, 0.3) is 11.6 Å². The van der Waals surface area contributed by atoms with E-state index in [1.54, 1.807) is 50.9 Å². The van der Waals surface area contributed by atoms with Crippen LogP contribution in [0.5, 0.6) is 11.5 Å². The van der Waals surface area contributed by atoms with Gasteiger partial charge in [0.15, 0.2) is 11.5 Å². The van der Waals surface area contributed by atoms with Crippen LogP contribution >= 0.6 is 0 Å². The van der Waals surface area contributed by atoms with Gasteiger partial charge in [-0.15, -0.1) is 0 Å². The van der Waals surface area contributed by atoms with Crippen LogP contribution in [0.3, 0.4) is 0 Å². The number of ether oxygens (including phenoxy) is 2. The van der Waals surface area contributed by atoms with Crippen LogP contribution in [0, 0.1) is 0 Å². The second kappa shape index (κ2) is 8.23. The number of likely N-dealkylation sites (tertiary alicyclic amines) is 1. The highest BCUT2D eigenvalue weighted by Gasteiger charge is 2.33. The molecule has 2 aromatic heterocycles. The fourth-order valence-corrected chi connectivity index (χ4v) is 3.08. The number of carbonyl (C=O) groups is 1. The molecule has 150 valence electrons. The quantitative estimate of drug-likeness (QED) is 0.635. The Labute approximate surface area is 166 Å². The van der Waals surface area contributed by atoms with Gasteiger partial charge < -0.3 is 19.3 Å². The van der Waals surface area contributed by atoms with Gasteiger partial charge in [0.1, 0.15) is 0 Å². The van der Waals surface area contributed by atoms with Crippen molar-refractivity contribution in [2.75, 3.05) is 39.2 Å². The van der Waals surface area contributed by atoms with E-state index in [-0.39, 0.29) is 18.4 Å². The maximum absolute atomic E-state index is 12.3. The summed E-state index contributed by atoms with van der Waals surface area (Å²) in [6, 6.07) is 6.96. The highest BCUT2D eigenvalue weighted by atomic mass is 16.5. The highest BCUT2D eigenvalue weighted by Crippen LogP contribution is 2.30. The highest BCUT2D eigenvalue weighted by molar-refractivity contribution is 5.92. The number of aromatic nitrogens is 4. The Hall–Kier alpha value is -3.53. The summed E-state index contributed by atoms with van der Waals surface area (Å²) in [6.45, 7) is 1.60. The summed E-state index contributed by atoms with van der Waals surface area (Å²) in [5.74, 6) is 2.47. The molecule has 10 nitrogen and oxygen atoms in total. The van der Waals surface area contributed by atoms with Crippen molar-refractivity contribution in [3.05, 3.63) is 42.5 Å². The van der Waals surface area contributed by atoms with Crippen molar-refractivity contribution in [2.45, 2.75) is 5.92 Å². The number of amides is 1. The van der Waals surface area contributed by atoms with E-state index in [9.17, 15) is 4.79 Å². The average Bonchev–Trinajstić information content (AvgIpc) is 3.20. The predicted molar refractivity (Wildman–Crippen MR) is 103 cm³/mol. The van der Waals surface area contributed by atoms with Gasteiger partial charge in [0.2, 0.25) is 23.4 Å². The molecular formula is C19H20N6O4. The first-order valence-electron chi connectivity index (χ1n) is 9.01. The van der Waals surface area contributed by atoms with E-state index >= 15 is 0 Å². The zero-order valence-electron chi connectivity index (χ0n) is 16.0. The molecule has 1 amide bonds. The molecule has 10 heteroatoms. The molecule has 3 aromatic rings. The van der Waals surface area contributed by atoms with Crippen LogP contribution in [0.15, 0.2) is 41.2 Å². The molecule has 0 bridgehead atoms. The van der Waals surface area contributed by atoms with Crippen LogP contribution in [0.2, 0.25) is 0 Å². The van der Waals surface area contributed by atoms with Crippen LogP contribution in [-0.4, -0.2) is 64.8 Å². The van der Waals surface area contributed by atoms with Gasteiger partial charge in [-0.2, -0.15) is 4.98 Å². The lowest BCUT2D eigenvalue weighted by Crippen LogP contribution is -2.48. The maximum atomic E-state index is 12.3. The Morgan fingerprint density at radius 3 is 2.66 bits per heavy atom. The van der Waals surface area contributed by atoms with Gasteiger partial charge in [-0.05, 0) is 18.2 Å². The van der Waals surface area contributed by atoms with Crippen LogP contribution in [0.4, 0.5) is 5.69 Å². The summed E-state index contributed by atoms with van der Waals surface area (Å²) in [5.41, 5.74) is 0.647. The van der Waals surface area contributed by atoms with Gasteiger partial charge in [-0.1, -0.05) is 5.16 Å². The van der Waals surface area contributed by atoms with E-state index < -0.39 is 0 Å². The normalized spacial score (nSPS) is 14.3. The Kier molecular flexibility index (Phi) is 5.34. The maximum Gasteiger partial charge on any atom is 0.240 e. The molecule has 0 spiro atoms. The summed E-state index contributed by atoms with van der Waals surface area (Å²) in [7, 11) is 3.12. The number of carbonyl (C=O) groups excluding carboxylic acids is 1. The molecule has 0 atom stereocenters. The minimum absolute atomic E-state index is 0.0915. The van der Waals surface area contributed by atoms with Crippen LogP contribution in [-0.2, 0) is 4.79 Å². The molecule has 1 saturated heterocycles. The lowest BCUT2D eigenvalue weighted by atomic mass is 10.0. The molecule has 3 heterocycles. The van der Waals surface area contributed by atoms with Gasteiger partial charge in [-0.3, -0.25) is 9.69 Å². The van der Waals surface area contributed by atoms with E-state index in [0.29, 0.717) is 47.8 Å². The number of methoxy groups -OCH3 is 2. The molecule has 0 aliphatic carbocycles. The van der Waals surface area contributed by atoms with Crippen molar-refractivity contribution >= 4 is 11.6 Å². The van der Waals surface area contributed by atoms with Crippen molar-refractivity contribution < 1.29 is 18.8 Å². The molecule has 0 radical (unpaired) electrons. The Bertz CT molecular complexity index is 987. The zero-order chi connectivity index (χ0) is 20.2. The predicted octanol–water partition coefficient (Wildman–Crippen LogP) is 1.58. The molecule has 1 aromatic carbocycles. The number of anilines is 1. The third-order valence-electron chi connectivity index (χ3n) is 4.55. The zero-order valence-corrected chi connectivity index (χ0v) is 16.0. The van der Waals surface area contributed by atoms with Crippen molar-refractivity contribution in [3.63, 3.8) is 0 Å². The van der Waals surface area contributed by atoms with Gasteiger partial charge in [-0.25, -0.2) is 9.97 Å².